The van der Waals surface area contributed by atoms with Crippen molar-refractivity contribution in [2.75, 3.05) is 12.5 Å². The summed E-state index contributed by atoms with van der Waals surface area (Å²) in [6, 6.07) is 3.37. The molecule has 86 valence electrons. The number of Topliss-reactive ketones (excluding diaryl/α,β-unsaturated/α-hetero) is 1. The molecule has 0 spiro atoms. The number of ketones is 1. The topological polar surface area (TPSA) is 43.4 Å². The Balaban J connectivity index is 2.74. The Morgan fingerprint density at radius 1 is 1.50 bits per heavy atom. The Morgan fingerprint density at radius 2 is 2.25 bits per heavy atom. The molecule has 0 saturated heterocycles. The summed E-state index contributed by atoms with van der Waals surface area (Å²) in [4.78, 5) is 23.9. The van der Waals surface area contributed by atoms with Crippen molar-refractivity contribution in [3.63, 3.8) is 0 Å². The van der Waals surface area contributed by atoms with Crippen molar-refractivity contribution in [3.8, 4) is 0 Å². The largest absolute Gasteiger partial charge is 0.460 e. The molecule has 0 amide bonds. The average molecular weight is 259 g/mol. The minimum Gasteiger partial charge on any atom is -0.460 e. The molecular formula is C11H11ClO3S. The van der Waals surface area contributed by atoms with E-state index in [1.54, 1.807) is 31.2 Å². The molecule has 0 saturated carbocycles. The van der Waals surface area contributed by atoms with Crippen molar-refractivity contribution in [3.05, 3.63) is 28.0 Å². The third-order valence-corrected chi connectivity index (χ3v) is 2.91. The maximum atomic E-state index is 11.5. The van der Waals surface area contributed by atoms with Crippen molar-refractivity contribution in [1.29, 1.82) is 0 Å². The molecule has 0 bridgehead atoms. The van der Waals surface area contributed by atoms with Gasteiger partial charge in [0.05, 0.1) is 11.5 Å². The Morgan fingerprint density at radius 3 is 2.88 bits per heavy atom. The highest BCUT2D eigenvalue weighted by atomic mass is 35.5. The van der Waals surface area contributed by atoms with Crippen LogP contribution in [0.25, 0.3) is 6.08 Å². The van der Waals surface area contributed by atoms with E-state index in [4.69, 9.17) is 11.6 Å². The zero-order chi connectivity index (χ0) is 12.0. The first kappa shape index (κ1) is 12.9. The fourth-order valence-electron chi connectivity index (χ4n) is 1.02. The molecule has 0 unspecified atom stereocenters. The average Bonchev–Trinajstić information content (AvgIpc) is 2.74. The summed E-state index contributed by atoms with van der Waals surface area (Å²) in [6.07, 6.45) is 3.58. The highest BCUT2D eigenvalue weighted by Gasteiger charge is 2.18. The van der Waals surface area contributed by atoms with Crippen LogP contribution in [0.3, 0.4) is 0 Å². The number of ether oxygens (including phenoxy) is 1. The smallest absolute Gasteiger partial charge is 0.380 e. The molecule has 0 radical (unpaired) electrons. The van der Waals surface area contributed by atoms with Gasteiger partial charge >= 0.3 is 5.97 Å². The van der Waals surface area contributed by atoms with Crippen LogP contribution in [-0.2, 0) is 9.53 Å². The summed E-state index contributed by atoms with van der Waals surface area (Å²) in [6.45, 7) is 1.86. The highest BCUT2D eigenvalue weighted by molar-refractivity contribution is 7.15. The first-order valence-corrected chi connectivity index (χ1v) is 6.08. The summed E-state index contributed by atoms with van der Waals surface area (Å²) in [5.74, 6) is -0.992. The Labute approximate surface area is 103 Å². The molecular weight excluding hydrogens is 248 g/mol. The maximum absolute atomic E-state index is 11.5. The van der Waals surface area contributed by atoms with Gasteiger partial charge in [-0.1, -0.05) is 6.08 Å². The van der Waals surface area contributed by atoms with Crippen molar-refractivity contribution < 1.29 is 14.3 Å². The van der Waals surface area contributed by atoms with Gasteiger partial charge in [-0.2, -0.15) is 0 Å². The number of carbonyl (C=O) groups excluding carboxylic acids is 2. The van der Waals surface area contributed by atoms with E-state index < -0.39 is 11.8 Å². The van der Waals surface area contributed by atoms with E-state index in [2.05, 4.69) is 4.74 Å². The number of hydrogen-bond acceptors (Lipinski definition) is 4. The van der Waals surface area contributed by atoms with Crippen molar-refractivity contribution in [2.24, 2.45) is 0 Å². The highest BCUT2D eigenvalue weighted by Crippen LogP contribution is 2.18. The Bertz CT molecular complexity index is 409. The molecule has 0 aromatic carbocycles. The van der Waals surface area contributed by atoms with Gasteiger partial charge in [0.15, 0.2) is 0 Å². The number of hydrogen-bond donors (Lipinski definition) is 0. The second kappa shape index (κ2) is 6.45. The lowest BCUT2D eigenvalue weighted by atomic mass is 10.3. The van der Waals surface area contributed by atoms with E-state index in [-0.39, 0.29) is 6.61 Å². The standard InChI is InChI=1S/C11H11ClO3S/c1-2-15-11(14)10(13)9-6-5-8(16-9)4-3-7-12/h3-6H,2,7H2,1H3. The van der Waals surface area contributed by atoms with E-state index in [1.165, 1.54) is 11.3 Å². The molecule has 1 rings (SSSR count). The van der Waals surface area contributed by atoms with Gasteiger partial charge < -0.3 is 4.74 Å². The second-order valence-electron chi connectivity index (χ2n) is 2.81. The van der Waals surface area contributed by atoms with Crippen LogP contribution in [0.5, 0.6) is 0 Å². The summed E-state index contributed by atoms with van der Waals surface area (Å²) >= 11 is 6.73. The lowest BCUT2D eigenvalue weighted by molar-refractivity contribution is -0.137. The van der Waals surface area contributed by atoms with Crippen LogP contribution >= 0.6 is 22.9 Å². The first-order valence-electron chi connectivity index (χ1n) is 4.72. The Hall–Kier alpha value is -1.13. The van der Waals surface area contributed by atoms with E-state index in [0.29, 0.717) is 10.8 Å². The normalized spacial score (nSPS) is 10.6. The number of carbonyl (C=O) groups is 2. The lowest BCUT2D eigenvalue weighted by Gasteiger charge is -1.97. The van der Waals surface area contributed by atoms with Gasteiger partial charge in [-0.05, 0) is 25.1 Å². The molecule has 0 aliphatic rings. The Kier molecular flexibility index (Phi) is 5.22. The van der Waals surface area contributed by atoms with Crippen molar-refractivity contribution >= 4 is 40.8 Å². The predicted molar refractivity (Wildman–Crippen MR) is 65.0 cm³/mol. The van der Waals surface area contributed by atoms with Crippen LogP contribution < -0.4 is 0 Å². The number of alkyl halides is 1. The minimum absolute atomic E-state index is 0.203. The summed E-state index contributed by atoms with van der Waals surface area (Å²) in [5, 5.41) is 0. The number of thiophene rings is 1. The van der Waals surface area contributed by atoms with E-state index in [1.807, 2.05) is 0 Å². The van der Waals surface area contributed by atoms with E-state index >= 15 is 0 Å². The van der Waals surface area contributed by atoms with Gasteiger partial charge in [0.25, 0.3) is 5.78 Å². The van der Waals surface area contributed by atoms with Crippen molar-refractivity contribution in [1.82, 2.24) is 0 Å². The zero-order valence-electron chi connectivity index (χ0n) is 8.73. The van der Waals surface area contributed by atoms with Crippen LogP contribution in [0, 0.1) is 0 Å². The van der Waals surface area contributed by atoms with Gasteiger partial charge in [-0.25, -0.2) is 4.79 Å². The molecule has 1 aromatic rings. The van der Waals surface area contributed by atoms with Crippen LogP contribution in [0.15, 0.2) is 18.2 Å². The molecule has 1 aromatic heterocycles. The molecule has 0 aliphatic heterocycles. The predicted octanol–water partition coefficient (Wildman–Crippen LogP) is 2.75. The molecule has 5 heteroatoms. The fraction of sp³-hybridized carbons (Fsp3) is 0.273. The number of esters is 1. The van der Waals surface area contributed by atoms with Gasteiger partial charge in [0.1, 0.15) is 0 Å². The molecule has 0 N–H and O–H groups in total. The lowest BCUT2D eigenvalue weighted by Crippen LogP contribution is -2.16. The molecule has 0 atom stereocenters. The van der Waals surface area contributed by atoms with Gasteiger partial charge in [0, 0.05) is 10.8 Å². The monoisotopic (exact) mass is 258 g/mol. The molecule has 0 aliphatic carbocycles. The molecule has 16 heavy (non-hydrogen) atoms. The zero-order valence-corrected chi connectivity index (χ0v) is 10.3. The third kappa shape index (κ3) is 3.47. The van der Waals surface area contributed by atoms with Gasteiger partial charge in [0.2, 0.25) is 0 Å². The van der Waals surface area contributed by atoms with Crippen LogP contribution in [0.2, 0.25) is 0 Å². The van der Waals surface area contributed by atoms with E-state index in [0.717, 1.165) is 4.88 Å². The van der Waals surface area contributed by atoms with Crippen molar-refractivity contribution in [2.45, 2.75) is 6.92 Å². The summed E-state index contributed by atoms with van der Waals surface area (Å²) in [7, 11) is 0. The van der Waals surface area contributed by atoms with Crippen LogP contribution in [-0.4, -0.2) is 24.2 Å². The third-order valence-electron chi connectivity index (χ3n) is 1.68. The summed E-state index contributed by atoms with van der Waals surface area (Å²) in [5.41, 5.74) is 0. The first-order chi connectivity index (χ1) is 7.69. The molecule has 1 heterocycles. The second-order valence-corrected chi connectivity index (χ2v) is 4.23. The van der Waals surface area contributed by atoms with Crippen LogP contribution in [0.1, 0.15) is 21.5 Å². The summed E-state index contributed by atoms with van der Waals surface area (Å²) < 4.78 is 4.63. The molecule has 3 nitrogen and oxygen atoms in total. The number of rotatable bonds is 5. The van der Waals surface area contributed by atoms with E-state index in [9.17, 15) is 9.59 Å². The number of halogens is 1. The maximum Gasteiger partial charge on any atom is 0.380 e. The number of allylic oxidation sites excluding steroid dienone is 1. The van der Waals surface area contributed by atoms with Crippen LogP contribution in [0.4, 0.5) is 0 Å². The quantitative estimate of drug-likeness (QED) is 0.353. The SMILES string of the molecule is CCOC(=O)C(=O)c1ccc(C=CCCl)s1. The van der Waals surface area contributed by atoms with Gasteiger partial charge in [-0.15, -0.1) is 22.9 Å². The fourth-order valence-corrected chi connectivity index (χ4v) is 1.98. The molecule has 0 fully saturated rings. The minimum atomic E-state index is -0.808. The van der Waals surface area contributed by atoms with Gasteiger partial charge in [-0.3, -0.25) is 4.79 Å².